The number of aliphatic carboxylic acids is 1. The normalized spacial score (nSPS) is 29.9. The topological polar surface area (TPSA) is 86.7 Å². The summed E-state index contributed by atoms with van der Waals surface area (Å²) in [4.78, 5) is 38.0. The highest BCUT2D eigenvalue weighted by Gasteiger charge is 2.34. The molecule has 27 heavy (non-hydrogen) atoms. The molecule has 0 bridgehead atoms. The maximum Gasteiger partial charge on any atom is 0.308 e. The molecule has 3 aliphatic rings. The molecule has 0 unspecified atom stereocenters. The van der Waals surface area contributed by atoms with Crippen molar-refractivity contribution in [3.8, 4) is 0 Å². The van der Waals surface area contributed by atoms with Gasteiger partial charge in [0.25, 0.3) is 0 Å². The van der Waals surface area contributed by atoms with Crippen LogP contribution in [0.25, 0.3) is 0 Å². The van der Waals surface area contributed by atoms with Gasteiger partial charge in [0.1, 0.15) is 0 Å². The molecule has 0 aromatic heterocycles. The van der Waals surface area contributed by atoms with E-state index in [2.05, 4.69) is 5.32 Å². The van der Waals surface area contributed by atoms with E-state index >= 15 is 0 Å². The highest BCUT2D eigenvalue weighted by atomic mass is 16.4. The number of rotatable bonds is 5. The number of likely N-dealkylation sites (tertiary alicyclic amines) is 1. The van der Waals surface area contributed by atoms with Crippen LogP contribution in [0.3, 0.4) is 0 Å². The molecule has 3 fully saturated rings. The number of carboxylic acids is 1. The van der Waals surface area contributed by atoms with E-state index in [4.69, 9.17) is 0 Å². The Bertz CT molecular complexity index is 536. The van der Waals surface area contributed by atoms with Gasteiger partial charge in [-0.3, -0.25) is 14.4 Å². The van der Waals surface area contributed by atoms with Crippen LogP contribution in [0.5, 0.6) is 0 Å². The second kappa shape index (κ2) is 9.56. The molecular weight excluding hydrogens is 344 g/mol. The average Bonchev–Trinajstić information content (AvgIpc) is 2.69. The van der Waals surface area contributed by atoms with Gasteiger partial charge in [-0.1, -0.05) is 19.3 Å². The van der Waals surface area contributed by atoms with Gasteiger partial charge in [-0.05, 0) is 57.3 Å². The molecule has 0 aromatic carbocycles. The first-order valence-corrected chi connectivity index (χ1v) is 10.8. The van der Waals surface area contributed by atoms with Gasteiger partial charge in [0.15, 0.2) is 0 Å². The molecule has 0 spiro atoms. The zero-order valence-electron chi connectivity index (χ0n) is 16.3. The number of carbonyl (C=O) groups excluding carboxylic acids is 2. The van der Waals surface area contributed by atoms with E-state index < -0.39 is 11.9 Å². The van der Waals surface area contributed by atoms with E-state index in [9.17, 15) is 19.5 Å². The lowest BCUT2D eigenvalue weighted by molar-refractivity contribution is -0.147. The van der Waals surface area contributed by atoms with Crippen molar-refractivity contribution in [2.45, 2.75) is 83.1 Å². The third kappa shape index (κ3) is 5.69. The van der Waals surface area contributed by atoms with Crippen molar-refractivity contribution in [3.05, 3.63) is 0 Å². The molecule has 152 valence electrons. The second-order valence-electron chi connectivity index (χ2n) is 8.79. The van der Waals surface area contributed by atoms with Gasteiger partial charge in [-0.15, -0.1) is 0 Å². The summed E-state index contributed by atoms with van der Waals surface area (Å²) in [6, 6.07) is 0.193. The number of nitrogens with one attached hydrogen (secondary N) is 1. The fourth-order valence-corrected chi connectivity index (χ4v) is 5.06. The van der Waals surface area contributed by atoms with Crippen molar-refractivity contribution < 1.29 is 19.5 Å². The summed E-state index contributed by atoms with van der Waals surface area (Å²) in [5, 5.41) is 12.4. The summed E-state index contributed by atoms with van der Waals surface area (Å²) in [6.07, 6.45) is 11.6. The molecule has 2 saturated carbocycles. The van der Waals surface area contributed by atoms with Crippen LogP contribution in [0.4, 0.5) is 0 Å². The highest BCUT2D eigenvalue weighted by molar-refractivity contribution is 5.80. The molecular formula is C21H34N2O4. The second-order valence-corrected chi connectivity index (χ2v) is 8.79. The first kappa shape index (κ1) is 20.2. The molecule has 3 rings (SSSR count). The van der Waals surface area contributed by atoms with Crippen LogP contribution in [0.2, 0.25) is 0 Å². The van der Waals surface area contributed by atoms with Crippen molar-refractivity contribution in [3.63, 3.8) is 0 Å². The molecule has 2 aliphatic carbocycles. The summed E-state index contributed by atoms with van der Waals surface area (Å²) in [7, 11) is 0. The van der Waals surface area contributed by atoms with Crippen LogP contribution < -0.4 is 5.32 Å². The maximum absolute atomic E-state index is 12.8. The molecule has 1 heterocycles. The monoisotopic (exact) mass is 378 g/mol. The minimum atomic E-state index is -0.795. The quantitative estimate of drug-likeness (QED) is 0.770. The van der Waals surface area contributed by atoms with Crippen LogP contribution in [-0.4, -0.2) is 46.9 Å². The Kier molecular flexibility index (Phi) is 7.13. The van der Waals surface area contributed by atoms with Gasteiger partial charge < -0.3 is 15.3 Å². The Balaban J connectivity index is 1.39. The van der Waals surface area contributed by atoms with E-state index in [0.29, 0.717) is 31.8 Å². The predicted molar refractivity (Wildman–Crippen MR) is 102 cm³/mol. The Morgan fingerprint density at radius 3 is 2.22 bits per heavy atom. The molecule has 1 atom stereocenters. The molecule has 2 amide bonds. The Morgan fingerprint density at radius 1 is 0.852 bits per heavy atom. The minimum absolute atomic E-state index is 0.0101. The first-order valence-electron chi connectivity index (χ1n) is 10.8. The summed E-state index contributed by atoms with van der Waals surface area (Å²) < 4.78 is 0. The standard InChI is InChI=1S/C21H34N2O4/c24-19(13-15-5-2-1-3-6-15)22-18-10-8-16(9-11-18)20(25)23-12-4-7-17(14-23)21(26)27/h15-18H,1-14H2,(H,22,24)(H,26,27)/t16?,17-,18?/m0/s1. The van der Waals surface area contributed by atoms with E-state index in [0.717, 1.165) is 32.1 Å². The van der Waals surface area contributed by atoms with Crippen molar-refractivity contribution in [1.82, 2.24) is 10.2 Å². The zero-order chi connectivity index (χ0) is 19.2. The molecule has 0 radical (unpaired) electrons. The van der Waals surface area contributed by atoms with Crippen molar-refractivity contribution in [2.24, 2.45) is 17.8 Å². The number of carboxylic acid groups (broad SMARTS) is 1. The van der Waals surface area contributed by atoms with Gasteiger partial charge in [0, 0.05) is 31.5 Å². The Labute approximate surface area is 162 Å². The van der Waals surface area contributed by atoms with Gasteiger partial charge in [0.2, 0.25) is 11.8 Å². The molecule has 6 heteroatoms. The van der Waals surface area contributed by atoms with Gasteiger partial charge >= 0.3 is 5.97 Å². The Hall–Kier alpha value is -1.59. The average molecular weight is 379 g/mol. The van der Waals surface area contributed by atoms with Crippen LogP contribution >= 0.6 is 0 Å². The largest absolute Gasteiger partial charge is 0.481 e. The summed E-state index contributed by atoms with van der Waals surface area (Å²) >= 11 is 0. The number of amides is 2. The first-order chi connectivity index (χ1) is 13.0. The fourth-order valence-electron chi connectivity index (χ4n) is 5.06. The smallest absolute Gasteiger partial charge is 0.308 e. The highest BCUT2D eigenvalue weighted by Crippen LogP contribution is 2.29. The summed E-state index contributed by atoms with van der Waals surface area (Å²) in [5.41, 5.74) is 0. The zero-order valence-corrected chi connectivity index (χ0v) is 16.3. The summed E-state index contributed by atoms with van der Waals surface area (Å²) in [6.45, 7) is 1.03. The molecule has 0 aromatic rings. The number of hydrogen-bond donors (Lipinski definition) is 2. The molecule has 1 saturated heterocycles. The van der Waals surface area contributed by atoms with Crippen LogP contribution in [0.1, 0.15) is 77.0 Å². The van der Waals surface area contributed by atoms with E-state index in [1.54, 1.807) is 4.90 Å². The number of nitrogens with zero attached hydrogens (tertiary/aromatic N) is 1. The number of carbonyl (C=O) groups is 3. The third-order valence-electron chi connectivity index (χ3n) is 6.72. The van der Waals surface area contributed by atoms with Crippen molar-refractivity contribution in [1.29, 1.82) is 0 Å². The third-order valence-corrected chi connectivity index (χ3v) is 6.72. The fraction of sp³-hybridized carbons (Fsp3) is 0.857. The van der Waals surface area contributed by atoms with Crippen molar-refractivity contribution >= 4 is 17.8 Å². The van der Waals surface area contributed by atoms with E-state index in [1.165, 1.54) is 32.1 Å². The van der Waals surface area contributed by atoms with Gasteiger partial charge in [-0.2, -0.15) is 0 Å². The lowest BCUT2D eigenvalue weighted by Crippen LogP contribution is -2.47. The van der Waals surface area contributed by atoms with Crippen molar-refractivity contribution in [2.75, 3.05) is 13.1 Å². The van der Waals surface area contributed by atoms with Gasteiger partial charge in [0.05, 0.1) is 5.92 Å². The van der Waals surface area contributed by atoms with Crippen LogP contribution in [0.15, 0.2) is 0 Å². The molecule has 2 N–H and O–H groups in total. The maximum atomic E-state index is 12.8. The van der Waals surface area contributed by atoms with Crippen LogP contribution in [-0.2, 0) is 14.4 Å². The lowest BCUT2D eigenvalue weighted by Gasteiger charge is -2.36. The summed E-state index contributed by atoms with van der Waals surface area (Å²) in [5.74, 6) is -0.373. The number of piperidine rings is 1. The van der Waals surface area contributed by atoms with Crippen LogP contribution in [0, 0.1) is 17.8 Å². The van der Waals surface area contributed by atoms with Gasteiger partial charge in [-0.25, -0.2) is 0 Å². The van der Waals surface area contributed by atoms with E-state index in [-0.39, 0.29) is 23.8 Å². The number of hydrogen-bond acceptors (Lipinski definition) is 3. The molecule has 6 nitrogen and oxygen atoms in total. The molecule has 1 aliphatic heterocycles. The lowest BCUT2D eigenvalue weighted by atomic mass is 9.83. The minimum Gasteiger partial charge on any atom is -0.481 e. The predicted octanol–water partition coefficient (Wildman–Crippen LogP) is 2.96. The van der Waals surface area contributed by atoms with E-state index in [1.807, 2.05) is 0 Å². The SMILES string of the molecule is O=C(CC1CCCCC1)NC1CCC(C(=O)N2CCC[C@H](C(=O)O)C2)CC1. The Morgan fingerprint density at radius 2 is 1.56 bits per heavy atom.